The number of carbonyl (C=O) groups is 2. The lowest BCUT2D eigenvalue weighted by molar-refractivity contribution is -0.141. The highest BCUT2D eigenvalue weighted by Crippen LogP contribution is 2.23. The largest absolute Gasteiger partial charge is 0.352 e. The van der Waals surface area contributed by atoms with E-state index in [1.807, 2.05) is 30.3 Å². The highest BCUT2D eigenvalue weighted by Gasteiger charge is 2.32. The van der Waals surface area contributed by atoms with Gasteiger partial charge >= 0.3 is 0 Å². The smallest absolute Gasteiger partial charge is 0.243 e. The van der Waals surface area contributed by atoms with Gasteiger partial charge in [0.05, 0.1) is 11.9 Å². The van der Waals surface area contributed by atoms with Gasteiger partial charge in [-0.1, -0.05) is 61.4 Å². The van der Waals surface area contributed by atoms with Gasteiger partial charge in [0.15, 0.2) is 0 Å². The minimum Gasteiger partial charge on any atom is -0.352 e. The fourth-order valence-corrected chi connectivity index (χ4v) is 6.31. The van der Waals surface area contributed by atoms with Crippen LogP contribution in [0.1, 0.15) is 49.7 Å². The summed E-state index contributed by atoms with van der Waals surface area (Å²) in [5.41, 5.74) is 1.42. The molecule has 1 aliphatic rings. The second-order valence-electron chi connectivity index (χ2n) is 10.7. The molecule has 1 saturated carbocycles. The maximum absolute atomic E-state index is 14.8. The summed E-state index contributed by atoms with van der Waals surface area (Å²) in [6.07, 6.45) is 5.14. The molecule has 0 unspecified atom stereocenters. The molecular weight excluding hydrogens is 560 g/mol. The van der Waals surface area contributed by atoms with Gasteiger partial charge in [0.25, 0.3) is 0 Å². The summed E-state index contributed by atoms with van der Waals surface area (Å²) in [5.74, 6) is -1.66. The zero-order valence-electron chi connectivity index (χ0n) is 23.7. The number of amides is 2. The summed E-state index contributed by atoms with van der Waals surface area (Å²) in [4.78, 5) is 29.0. The summed E-state index contributed by atoms with van der Waals surface area (Å²) in [6, 6.07) is 19.7. The van der Waals surface area contributed by atoms with Crippen molar-refractivity contribution in [3.8, 4) is 0 Å². The molecule has 0 aromatic heterocycles. The van der Waals surface area contributed by atoms with E-state index in [9.17, 15) is 26.8 Å². The zero-order chi connectivity index (χ0) is 30.1. The Morgan fingerprint density at radius 2 is 1.57 bits per heavy atom. The number of nitrogens with one attached hydrogen (secondary N) is 1. The Balaban J connectivity index is 1.59. The molecule has 1 atom stereocenters. The molecule has 10 heteroatoms. The lowest BCUT2D eigenvalue weighted by Gasteiger charge is -2.33. The molecule has 2 amide bonds. The normalized spacial score (nSPS) is 14.4. The Kier molecular flexibility index (Phi) is 10.7. The van der Waals surface area contributed by atoms with Crippen molar-refractivity contribution in [2.75, 3.05) is 17.1 Å². The van der Waals surface area contributed by atoms with Crippen molar-refractivity contribution < 1.29 is 26.8 Å². The molecule has 3 aromatic rings. The highest BCUT2D eigenvalue weighted by molar-refractivity contribution is 7.92. The van der Waals surface area contributed by atoms with Gasteiger partial charge in [0, 0.05) is 37.5 Å². The third-order valence-corrected chi connectivity index (χ3v) is 8.73. The molecule has 1 N–H and O–H groups in total. The number of halogens is 2. The van der Waals surface area contributed by atoms with Gasteiger partial charge in [0.2, 0.25) is 21.8 Å². The van der Waals surface area contributed by atoms with Crippen molar-refractivity contribution >= 4 is 27.5 Å². The molecule has 0 bridgehead atoms. The van der Waals surface area contributed by atoms with E-state index in [1.165, 1.54) is 35.2 Å². The van der Waals surface area contributed by atoms with Gasteiger partial charge in [-0.2, -0.15) is 0 Å². The van der Waals surface area contributed by atoms with Crippen LogP contribution in [0.2, 0.25) is 0 Å². The van der Waals surface area contributed by atoms with Gasteiger partial charge in [-0.15, -0.1) is 0 Å². The Bertz CT molecular complexity index is 1450. The number of hydrogen-bond donors (Lipinski definition) is 1. The first-order valence-electron chi connectivity index (χ1n) is 14.2. The molecule has 0 aliphatic heterocycles. The average Bonchev–Trinajstić information content (AvgIpc) is 3.47. The molecule has 42 heavy (non-hydrogen) atoms. The van der Waals surface area contributed by atoms with Crippen LogP contribution in [0.5, 0.6) is 0 Å². The second-order valence-corrected chi connectivity index (χ2v) is 12.6. The Labute approximate surface area is 246 Å². The highest BCUT2D eigenvalue weighted by atomic mass is 32.2. The van der Waals surface area contributed by atoms with Gasteiger partial charge in [-0.25, -0.2) is 17.2 Å². The third-order valence-electron chi connectivity index (χ3n) is 7.54. The number of sulfonamides is 1. The van der Waals surface area contributed by atoms with Crippen molar-refractivity contribution in [1.29, 1.82) is 0 Å². The van der Waals surface area contributed by atoms with E-state index in [0.29, 0.717) is 0 Å². The number of hydrogen-bond acceptors (Lipinski definition) is 4. The first kappa shape index (κ1) is 31.2. The first-order chi connectivity index (χ1) is 20.1. The number of benzene rings is 3. The van der Waals surface area contributed by atoms with Crippen LogP contribution in [0.3, 0.4) is 0 Å². The quantitative estimate of drug-likeness (QED) is 0.293. The summed E-state index contributed by atoms with van der Waals surface area (Å²) in [6.45, 7) is -0.143. The fraction of sp³-hybridized carbons (Fsp3) is 0.375. The van der Waals surface area contributed by atoms with E-state index in [-0.39, 0.29) is 55.6 Å². The first-order valence-corrected chi connectivity index (χ1v) is 16.1. The Morgan fingerprint density at radius 3 is 2.21 bits per heavy atom. The summed E-state index contributed by atoms with van der Waals surface area (Å²) >= 11 is 0. The van der Waals surface area contributed by atoms with Crippen LogP contribution >= 0.6 is 0 Å². The number of anilines is 1. The van der Waals surface area contributed by atoms with Crippen LogP contribution in [-0.2, 0) is 32.6 Å². The molecule has 7 nitrogen and oxygen atoms in total. The number of rotatable bonds is 13. The van der Waals surface area contributed by atoms with E-state index in [4.69, 9.17) is 0 Å². The molecule has 0 spiro atoms. The summed E-state index contributed by atoms with van der Waals surface area (Å²) in [5, 5.41) is 3.11. The van der Waals surface area contributed by atoms with Crippen molar-refractivity contribution in [3.05, 3.63) is 102 Å². The average molecular weight is 598 g/mol. The molecular formula is C32H37F2N3O4S. The van der Waals surface area contributed by atoms with E-state index in [2.05, 4.69) is 5.32 Å². The van der Waals surface area contributed by atoms with Gasteiger partial charge in [-0.3, -0.25) is 13.9 Å². The lowest BCUT2D eigenvalue weighted by atomic mass is 10.0. The Morgan fingerprint density at radius 1 is 0.929 bits per heavy atom. The lowest BCUT2D eigenvalue weighted by Crippen LogP contribution is -2.52. The van der Waals surface area contributed by atoms with Crippen LogP contribution in [0.15, 0.2) is 78.9 Å². The molecule has 1 fully saturated rings. The minimum atomic E-state index is -3.71. The van der Waals surface area contributed by atoms with Crippen LogP contribution in [0.25, 0.3) is 0 Å². The van der Waals surface area contributed by atoms with Crippen LogP contribution in [0, 0.1) is 11.6 Å². The van der Waals surface area contributed by atoms with Crippen molar-refractivity contribution in [1.82, 2.24) is 10.2 Å². The predicted molar refractivity (Wildman–Crippen MR) is 159 cm³/mol. The maximum Gasteiger partial charge on any atom is 0.243 e. The van der Waals surface area contributed by atoms with E-state index >= 15 is 0 Å². The van der Waals surface area contributed by atoms with E-state index in [0.717, 1.165) is 41.8 Å². The number of nitrogens with zero attached hydrogens (tertiary/aromatic N) is 2. The topological polar surface area (TPSA) is 86.8 Å². The van der Waals surface area contributed by atoms with Crippen molar-refractivity contribution in [2.24, 2.45) is 0 Å². The standard InChI is InChI=1S/C32H37F2N3O4S/c1-42(40,41)37(28-19-17-26(33)18-20-28)21-9-16-31(38)36(23-25-12-5-8-15-29(25)34)30(22-24-10-3-2-4-11-24)32(39)35-27-13-6-7-14-27/h2-5,8,10-12,15,17-20,27,30H,6-7,9,13-14,16,21-23H2,1H3,(H,35,39)/t30-/m0/s1. The monoisotopic (exact) mass is 597 g/mol. The third kappa shape index (κ3) is 8.61. The van der Waals surface area contributed by atoms with Crippen LogP contribution in [0.4, 0.5) is 14.5 Å². The molecule has 224 valence electrons. The fourth-order valence-electron chi connectivity index (χ4n) is 5.34. The van der Waals surface area contributed by atoms with E-state index < -0.39 is 33.6 Å². The minimum absolute atomic E-state index is 0.0264. The Hall–Kier alpha value is -3.79. The van der Waals surface area contributed by atoms with Crippen LogP contribution < -0.4 is 9.62 Å². The predicted octanol–water partition coefficient (Wildman–Crippen LogP) is 5.21. The van der Waals surface area contributed by atoms with E-state index in [1.54, 1.807) is 18.2 Å². The maximum atomic E-state index is 14.8. The molecule has 3 aromatic carbocycles. The molecule has 0 heterocycles. The zero-order valence-corrected chi connectivity index (χ0v) is 24.5. The molecule has 1 aliphatic carbocycles. The summed E-state index contributed by atoms with van der Waals surface area (Å²) < 4.78 is 54.4. The van der Waals surface area contributed by atoms with Crippen molar-refractivity contribution in [2.45, 2.75) is 63.6 Å². The van der Waals surface area contributed by atoms with Crippen LogP contribution in [-0.4, -0.2) is 50.0 Å². The van der Waals surface area contributed by atoms with Crippen molar-refractivity contribution in [3.63, 3.8) is 0 Å². The number of carbonyl (C=O) groups excluding carboxylic acids is 2. The molecule has 0 radical (unpaired) electrons. The van der Waals surface area contributed by atoms with Gasteiger partial charge < -0.3 is 10.2 Å². The molecule has 4 rings (SSSR count). The summed E-state index contributed by atoms with van der Waals surface area (Å²) in [7, 11) is -3.71. The second kappa shape index (κ2) is 14.4. The molecule has 0 saturated heterocycles. The van der Waals surface area contributed by atoms with Gasteiger partial charge in [0.1, 0.15) is 17.7 Å². The SMILES string of the molecule is CS(=O)(=O)N(CCCC(=O)N(Cc1ccccc1F)[C@@H](Cc1ccccc1)C(=O)NC1CCCC1)c1ccc(F)cc1. The van der Waals surface area contributed by atoms with Gasteiger partial charge in [-0.05, 0) is 55.2 Å².